The van der Waals surface area contributed by atoms with E-state index >= 15 is 0 Å². The first kappa shape index (κ1) is 18.0. The van der Waals surface area contributed by atoms with Gasteiger partial charge in [-0.2, -0.15) is 10.1 Å². The number of nitro groups is 1. The zero-order valence-electron chi connectivity index (χ0n) is 14.6. The second kappa shape index (κ2) is 7.20. The highest BCUT2D eigenvalue weighted by Crippen LogP contribution is 2.22. The van der Waals surface area contributed by atoms with Crippen LogP contribution < -0.4 is 4.74 Å². The number of hydrazone groups is 1. The quantitative estimate of drug-likeness (QED) is 0.359. The molecule has 2 amide bonds. The smallest absolute Gasteiger partial charge is 0.283 e. The number of hydrogen-bond donors (Lipinski definition) is 0. The lowest BCUT2D eigenvalue weighted by Gasteiger charge is -2.09. The number of benzene rings is 2. The molecular formula is C19H15N3O5. The Morgan fingerprint density at radius 3 is 2.33 bits per heavy atom. The molecule has 1 aliphatic rings. The number of amides is 2. The third-order valence-corrected chi connectivity index (χ3v) is 4.01. The van der Waals surface area contributed by atoms with Gasteiger partial charge in [-0.05, 0) is 42.8 Å². The molecule has 2 aromatic rings. The van der Waals surface area contributed by atoms with Crippen LogP contribution in [0.1, 0.15) is 22.8 Å². The van der Waals surface area contributed by atoms with Gasteiger partial charge in [-0.3, -0.25) is 19.7 Å². The molecule has 0 radical (unpaired) electrons. The van der Waals surface area contributed by atoms with Gasteiger partial charge in [-0.1, -0.05) is 12.1 Å². The van der Waals surface area contributed by atoms with E-state index in [0.29, 0.717) is 17.0 Å². The van der Waals surface area contributed by atoms with E-state index in [2.05, 4.69) is 5.10 Å². The molecule has 0 aromatic heterocycles. The van der Waals surface area contributed by atoms with Gasteiger partial charge in [0.25, 0.3) is 17.5 Å². The average Bonchev–Trinajstić information content (AvgIpc) is 2.96. The molecule has 0 saturated carbocycles. The zero-order valence-corrected chi connectivity index (χ0v) is 14.6. The summed E-state index contributed by atoms with van der Waals surface area (Å²) in [4.78, 5) is 35.3. The minimum Gasteiger partial charge on any atom is -0.497 e. The number of hydrogen-bond acceptors (Lipinski definition) is 6. The molecule has 0 spiro atoms. The number of carbonyl (C=O) groups is 2. The summed E-state index contributed by atoms with van der Waals surface area (Å²) in [6, 6.07) is 12.1. The Balaban J connectivity index is 1.84. The highest BCUT2D eigenvalue weighted by molar-refractivity contribution is 6.30. The molecule has 0 bridgehead atoms. The first-order valence-corrected chi connectivity index (χ1v) is 7.95. The van der Waals surface area contributed by atoms with E-state index in [1.165, 1.54) is 24.3 Å². The maximum Gasteiger partial charge on any atom is 0.283 e. The highest BCUT2D eigenvalue weighted by Gasteiger charge is 2.33. The van der Waals surface area contributed by atoms with Crippen molar-refractivity contribution in [3.8, 4) is 5.75 Å². The molecule has 2 aromatic carbocycles. The van der Waals surface area contributed by atoms with Crippen molar-refractivity contribution in [2.75, 3.05) is 7.11 Å². The second-order valence-corrected chi connectivity index (χ2v) is 5.74. The molecule has 136 valence electrons. The topological polar surface area (TPSA) is 102 Å². The fourth-order valence-corrected chi connectivity index (χ4v) is 2.54. The summed E-state index contributed by atoms with van der Waals surface area (Å²) in [6.07, 6.45) is 1.64. The van der Waals surface area contributed by atoms with Gasteiger partial charge in [-0.25, -0.2) is 0 Å². The molecule has 0 atom stereocenters. The van der Waals surface area contributed by atoms with Gasteiger partial charge in [0.1, 0.15) is 5.75 Å². The molecule has 8 nitrogen and oxygen atoms in total. The molecule has 1 heterocycles. The lowest BCUT2D eigenvalue weighted by atomic mass is 10.1. The summed E-state index contributed by atoms with van der Waals surface area (Å²) < 4.78 is 5.10. The van der Waals surface area contributed by atoms with E-state index in [1.54, 1.807) is 44.4 Å². The SMILES string of the molecule is COc1ccc(C=C2C(=O)N(C(=O)c3ccc([N+](=O)[O-])cc3)N=C2C)cc1. The zero-order chi connectivity index (χ0) is 19.6. The highest BCUT2D eigenvalue weighted by atomic mass is 16.6. The Morgan fingerprint density at radius 1 is 1.15 bits per heavy atom. The third kappa shape index (κ3) is 3.59. The van der Waals surface area contributed by atoms with Crippen LogP contribution in [0, 0.1) is 10.1 Å². The number of nitrogens with zero attached hydrogens (tertiary/aromatic N) is 3. The number of ether oxygens (including phenoxy) is 1. The molecule has 3 rings (SSSR count). The van der Waals surface area contributed by atoms with E-state index in [9.17, 15) is 19.7 Å². The van der Waals surface area contributed by atoms with Crippen LogP contribution in [0.4, 0.5) is 5.69 Å². The number of carbonyl (C=O) groups excluding carboxylic acids is 2. The summed E-state index contributed by atoms with van der Waals surface area (Å²) in [7, 11) is 1.56. The predicted octanol–water partition coefficient (Wildman–Crippen LogP) is 3.05. The van der Waals surface area contributed by atoms with Crippen LogP contribution in [0.5, 0.6) is 5.75 Å². The number of nitro benzene ring substituents is 1. The number of methoxy groups -OCH3 is 1. The van der Waals surface area contributed by atoms with Crippen LogP contribution in [-0.4, -0.2) is 34.6 Å². The maximum atomic E-state index is 12.6. The van der Waals surface area contributed by atoms with E-state index in [1.807, 2.05) is 0 Å². The Hall–Kier alpha value is -3.81. The Labute approximate surface area is 154 Å². The molecule has 0 fully saturated rings. The van der Waals surface area contributed by atoms with Crippen LogP contribution >= 0.6 is 0 Å². The van der Waals surface area contributed by atoms with Gasteiger partial charge in [-0.15, -0.1) is 0 Å². The normalized spacial score (nSPS) is 15.0. The van der Waals surface area contributed by atoms with Gasteiger partial charge in [0, 0.05) is 17.7 Å². The maximum absolute atomic E-state index is 12.6. The van der Waals surface area contributed by atoms with Crippen molar-refractivity contribution in [3.05, 3.63) is 75.3 Å². The van der Waals surface area contributed by atoms with Crippen LogP contribution in [0.15, 0.2) is 59.2 Å². The number of rotatable bonds is 4. The molecule has 0 aliphatic carbocycles. The van der Waals surface area contributed by atoms with Crippen molar-refractivity contribution in [1.82, 2.24) is 5.01 Å². The van der Waals surface area contributed by atoms with Crippen molar-refractivity contribution in [2.45, 2.75) is 6.92 Å². The summed E-state index contributed by atoms with van der Waals surface area (Å²) in [6.45, 7) is 1.64. The van der Waals surface area contributed by atoms with Crippen LogP contribution in [0.25, 0.3) is 6.08 Å². The summed E-state index contributed by atoms with van der Waals surface area (Å²) >= 11 is 0. The molecule has 8 heteroatoms. The summed E-state index contributed by atoms with van der Waals surface area (Å²) in [5.74, 6) is -0.505. The van der Waals surface area contributed by atoms with Crippen LogP contribution in [0.2, 0.25) is 0 Å². The monoisotopic (exact) mass is 365 g/mol. The summed E-state index contributed by atoms with van der Waals surface area (Å²) in [5.41, 5.74) is 1.47. The van der Waals surface area contributed by atoms with Gasteiger partial charge < -0.3 is 4.74 Å². The van der Waals surface area contributed by atoms with Crippen molar-refractivity contribution < 1.29 is 19.2 Å². The van der Waals surface area contributed by atoms with Crippen LogP contribution in [0.3, 0.4) is 0 Å². The van der Waals surface area contributed by atoms with Crippen molar-refractivity contribution in [1.29, 1.82) is 0 Å². The van der Waals surface area contributed by atoms with Gasteiger partial charge in [0.2, 0.25) is 0 Å². The molecule has 27 heavy (non-hydrogen) atoms. The second-order valence-electron chi connectivity index (χ2n) is 5.74. The Kier molecular flexibility index (Phi) is 4.80. The van der Waals surface area contributed by atoms with E-state index < -0.39 is 16.7 Å². The predicted molar refractivity (Wildman–Crippen MR) is 98.4 cm³/mol. The first-order chi connectivity index (χ1) is 12.9. The minimum atomic E-state index is -0.646. The number of imide groups is 1. The fourth-order valence-electron chi connectivity index (χ4n) is 2.54. The molecule has 0 saturated heterocycles. The Bertz CT molecular complexity index is 975. The standard InChI is InChI=1S/C19H15N3O5/c1-12-17(11-13-3-9-16(27-2)10-4-13)19(24)21(20-12)18(23)14-5-7-15(8-6-14)22(25)26/h3-11H,1-2H3. The van der Waals surface area contributed by atoms with E-state index in [-0.39, 0.29) is 11.3 Å². The van der Waals surface area contributed by atoms with Gasteiger partial charge in [0.05, 0.1) is 23.3 Å². The lowest BCUT2D eigenvalue weighted by Crippen LogP contribution is -2.29. The minimum absolute atomic E-state index is 0.135. The third-order valence-electron chi connectivity index (χ3n) is 4.01. The molecule has 0 unspecified atom stereocenters. The van der Waals surface area contributed by atoms with E-state index in [0.717, 1.165) is 10.6 Å². The average molecular weight is 365 g/mol. The number of non-ortho nitro benzene ring substituents is 1. The largest absolute Gasteiger partial charge is 0.497 e. The molecule has 0 N–H and O–H groups in total. The molecule has 1 aliphatic heterocycles. The van der Waals surface area contributed by atoms with Crippen molar-refractivity contribution >= 4 is 29.3 Å². The van der Waals surface area contributed by atoms with Crippen LogP contribution in [-0.2, 0) is 4.79 Å². The lowest BCUT2D eigenvalue weighted by molar-refractivity contribution is -0.384. The Morgan fingerprint density at radius 2 is 1.78 bits per heavy atom. The fraction of sp³-hybridized carbons (Fsp3) is 0.105. The summed E-state index contributed by atoms with van der Waals surface area (Å²) in [5, 5.41) is 15.5. The van der Waals surface area contributed by atoms with Gasteiger partial charge >= 0.3 is 0 Å². The van der Waals surface area contributed by atoms with Crippen molar-refractivity contribution in [2.24, 2.45) is 5.10 Å². The van der Waals surface area contributed by atoms with Gasteiger partial charge in [0.15, 0.2) is 0 Å². The van der Waals surface area contributed by atoms with E-state index in [4.69, 9.17) is 4.74 Å². The first-order valence-electron chi connectivity index (χ1n) is 7.95. The van der Waals surface area contributed by atoms with Crippen molar-refractivity contribution in [3.63, 3.8) is 0 Å². The molecular weight excluding hydrogens is 350 g/mol.